The monoisotopic (exact) mass is 400 g/mol. The minimum Gasteiger partial charge on any atom is -0.338 e. The molecule has 8 heteroatoms. The second kappa shape index (κ2) is 6.95. The van der Waals surface area contributed by atoms with Crippen LogP contribution >= 0.6 is 0 Å². The van der Waals surface area contributed by atoms with Crippen LogP contribution in [0.2, 0.25) is 0 Å². The summed E-state index contributed by atoms with van der Waals surface area (Å²) in [4.78, 5) is 36.3. The Morgan fingerprint density at radius 3 is 2.80 bits per heavy atom. The van der Waals surface area contributed by atoms with Crippen LogP contribution in [0, 0.1) is 17.2 Å². The van der Waals surface area contributed by atoms with Crippen LogP contribution in [0.5, 0.6) is 0 Å². The average molecular weight is 400 g/mol. The van der Waals surface area contributed by atoms with Crippen molar-refractivity contribution in [3.63, 3.8) is 0 Å². The highest BCUT2D eigenvalue weighted by Crippen LogP contribution is 2.36. The van der Waals surface area contributed by atoms with Crippen LogP contribution in [-0.4, -0.2) is 43.0 Å². The molecule has 150 valence electrons. The Labute approximate surface area is 173 Å². The molecule has 5 heterocycles. The average Bonchev–Trinajstić information content (AvgIpc) is 3.19. The summed E-state index contributed by atoms with van der Waals surface area (Å²) in [7, 11) is 1.88. The number of pyridine rings is 2. The number of carbonyl (C=O) groups excluding carboxylic acids is 1. The third-order valence-electron chi connectivity index (χ3n) is 6.07. The molecular weight excluding hydrogens is 380 g/mol. The molecular formula is C22H20N6O2. The molecule has 0 saturated carbocycles. The first-order chi connectivity index (χ1) is 14.5. The van der Waals surface area contributed by atoms with Gasteiger partial charge in [-0.25, -0.2) is 9.97 Å². The lowest BCUT2D eigenvalue weighted by atomic mass is 9.82. The molecule has 1 fully saturated rings. The summed E-state index contributed by atoms with van der Waals surface area (Å²) in [5.41, 5.74) is 2.25. The fourth-order valence-electron chi connectivity index (χ4n) is 4.71. The number of fused-ring (bicyclic) bond motifs is 4. The first-order valence-corrected chi connectivity index (χ1v) is 9.92. The summed E-state index contributed by atoms with van der Waals surface area (Å²) in [5.74, 6) is 0.895. The van der Waals surface area contributed by atoms with E-state index in [-0.39, 0.29) is 29.0 Å². The van der Waals surface area contributed by atoms with Gasteiger partial charge in [-0.1, -0.05) is 0 Å². The highest BCUT2D eigenvalue weighted by Gasteiger charge is 2.37. The van der Waals surface area contributed by atoms with Gasteiger partial charge in [0.15, 0.2) is 0 Å². The van der Waals surface area contributed by atoms with Gasteiger partial charge < -0.3 is 14.0 Å². The number of carbonyl (C=O) groups is 1. The van der Waals surface area contributed by atoms with E-state index in [1.165, 1.54) is 12.3 Å². The highest BCUT2D eigenvalue weighted by molar-refractivity contribution is 5.94. The van der Waals surface area contributed by atoms with Crippen LogP contribution in [-0.2, 0) is 13.6 Å². The minimum atomic E-state index is -0.0935. The lowest BCUT2D eigenvalue weighted by Crippen LogP contribution is -2.49. The predicted molar refractivity (Wildman–Crippen MR) is 109 cm³/mol. The van der Waals surface area contributed by atoms with Gasteiger partial charge in [-0.3, -0.25) is 9.59 Å². The summed E-state index contributed by atoms with van der Waals surface area (Å²) >= 11 is 0. The SMILES string of the molecule is Cn1ccnc1-c1ccc2n(c1=O)C[C@H]1C[C@@H]2CN(C(=O)c2ccnc(C#N)c2)C1. The lowest BCUT2D eigenvalue weighted by Gasteiger charge is -2.43. The van der Waals surface area contributed by atoms with Gasteiger partial charge in [0.2, 0.25) is 0 Å². The number of nitriles is 1. The van der Waals surface area contributed by atoms with Gasteiger partial charge in [0.05, 0.1) is 5.56 Å². The number of aryl methyl sites for hydroxylation is 1. The van der Waals surface area contributed by atoms with E-state index in [2.05, 4.69) is 9.97 Å². The molecule has 1 saturated heterocycles. The maximum atomic E-state index is 13.2. The Morgan fingerprint density at radius 2 is 2.03 bits per heavy atom. The number of imidazole rings is 1. The van der Waals surface area contributed by atoms with Gasteiger partial charge in [-0.15, -0.1) is 0 Å². The molecule has 0 unspecified atom stereocenters. The molecule has 0 aromatic carbocycles. The molecule has 0 aliphatic carbocycles. The Hall–Kier alpha value is -3.73. The van der Waals surface area contributed by atoms with Crippen molar-refractivity contribution < 1.29 is 4.79 Å². The smallest absolute Gasteiger partial charge is 0.261 e. The number of likely N-dealkylation sites (tertiary alicyclic amines) is 1. The standard InChI is InChI=1S/C22H20N6O2/c1-26-7-6-25-20(26)18-2-3-19-16-8-14(12-28(19)22(18)30)11-27(13-16)21(29)15-4-5-24-17(9-15)10-23/h2-7,9,14,16H,8,11-13H2,1H3/t14-,16+/m0/s1. The predicted octanol–water partition coefficient (Wildman–Crippen LogP) is 1.77. The minimum absolute atomic E-state index is 0.0240. The second-order valence-corrected chi connectivity index (χ2v) is 8.00. The van der Waals surface area contributed by atoms with Crippen molar-refractivity contribution in [3.05, 3.63) is 70.2 Å². The van der Waals surface area contributed by atoms with Gasteiger partial charge in [0, 0.05) is 62.4 Å². The molecule has 0 radical (unpaired) electrons. The van der Waals surface area contributed by atoms with Crippen LogP contribution in [0.1, 0.15) is 34.1 Å². The van der Waals surface area contributed by atoms with Gasteiger partial charge >= 0.3 is 0 Å². The van der Waals surface area contributed by atoms with E-state index in [9.17, 15) is 9.59 Å². The lowest BCUT2D eigenvalue weighted by molar-refractivity contribution is 0.0594. The molecule has 3 aromatic heterocycles. The van der Waals surface area contributed by atoms with Crippen molar-refractivity contribution in [2.45, 2.75) is 18.9 Å². The van der Waals surface area contributed by atoms with Crippen molar-refractivity contribution in [1.29, 1.82) is 5.26 Å². The fourth-order valence-corrected chi connectivity index (χ4v) is 4.71. The molecule has 2 aliphatic rings. The number of aromatic nitrogens is 4. The van der Waals surface area contributed by atoms with Gasteiger partial charge in [-0.2, -0.15) is 5.26 Å². The number of hydrogen-bond acceptors (Lipinski definition) is 5. The quantitative estimate of drug-likeness (QED) is 0.653. The molecule has 2 atom stereocenters. The van der Waals surface area contributed by atoms with E-state index in [1.54, 1.807) is 12.3 Å². The van der Waals surface area contributed by atoms with Crippen molar-refractivity contribution >= 4 is 5.91 Å². The Balaban J connectivity index is 1.46. The highest BCUT2D eigenvalue weighted by atomic mass is 16.2. The normalized spacial score (nSPS) is 19.8. The molecule has 5 rings (SSSR count). The largest absolute Gasteiger partial charge is 0.338 e. The van der Waals surface area contributed by atoms with Gasteiger partial charge in [0.1, 0.15) is 17.6 Å². The molecule has 2 bridgehead atoms. The Bertz CT molecular complexity index is 1250. The Kier molecular flexibility index (Phi) is 4.24. The van der Waals surface area contributed by atoms with Crippen LogP contribution in [0.15, 0.2) is 47.7 Å². The van der Waals surface area contributed by atoms with E-state index in [0.29, 0.717) is 36.6 Å². The van der Waals surface area contributed by atoms with Crippen LogP contribution in [0.3, 0.4) is 0 Å². The summed E-state index contributed by atoms with van der Waals surface area (Å²) in [6.45, 7) is 1.74. The summed E-state index contributed by atoms with van der Waals surface area (Å²) < 4.78 is 3.71. The molecule has 2 aliphatic heterocycles. The summed E-state index contributed by atoms with van der Waals surface area (Å²) in [5, 5.41) is 9.05. The fraction of sp³-hybridized carbons (Fsp3) is 0.318. The van der Waals surface area contributed by atoms with E-state index in [0.717, 1.165) is 12.1 Å². The topological polar surface area (TPSA) is 96.8 Å². The molecule has 8 nitrogen and oxygen atoms in total. The van der Waals surface area contributed by atoms with Gasteiger partial charge in [-0.05, 0) is 36.6 Å². The van der Waals surface area contributed by atoms with Crippen molar-refractivity contribution in [2.75, 3.05) is 13.1 Å². The molecule has 0 spiro atoms. The first kappa shape index (κ1) is 18.3. The maximum absolute atomic E-state index is 13.2. The van der Waals surface area contributed by atoms with Crippen LogP contribution in [0.25, 0.3) is 11.4 Å². The van der Waals surface area contributed by atoms with E-state index in [4.69, 9.17) is 5.26 Å². The first-order valence-electron chi connectivity index (χ1n) is 9.92. The summed E-state index contributed by atoms with van der Waals surface area (Å²) in [6.07, 6.45) is 5.97. The van der Waals surface area contributed by atoms with Crippen LogP contribution in [0.4, 0.5) is 0 Å². The zero-order chi connectivity index (χ0) is 20.8. The third-order valence-corrected chi connectivity index (χ3v) is 6.07. The number of rotatable bonds is 2. The van der Waals surface area contributed by atoms with Crippen molar-refractivity contribution in [1.82, 2.24) is 24.0 Å². The number of amides is 1. The summed E-state index contributed by atoms with van der Waals surface area (Å²) in [6, 6.07) is 9.00. The number of piperidine rings is 1. The molecule has 30 heavy (non-hydrogen) atoms. The van der Waals surface area contributed by atoms with E-state index in [1.807, 2.05) is 45.5 Å². The second-order valence-electron chi connectivity index (χ2n) is 8.00. The van der Waals surface area contributed by atoms with E-state index < -0.39 is 0 Å². The molecule has 1 amide bonds. The van der Waals surface area contributed by atoms with Gasteiger partial charge in [0.25, 0.3) is 11.5 Å². The zero-order valence-electron chi connectivity index (χ0n) is 16.5. The Morgan fingerprint density at radius 1 is 1.17 bits per heavy atom. The van der Waals surface area contributed by atoms with Crippen molar-refractivity contribution in [3.8, 4) is 17.5 Å². The zero-order valence-corrected chi connectivity index (χ0v) is 16.5. The third kappa shape index (κ3) is 2.90. The molecule has 3 aromatic rings. The van der Waals surface area contributed by atoms with Crippen LogP contribution < -0.4 is 5.56 Å². The number of nitrogens with zero attached hydrogens (tertiary/aromatic N) is 6. The van der Waals surface area contributed by atoms with Crippen molar-refractivity contribution in [2.24, 2.45) is 13.0 Å². The van der Waals surface area contributed by atoms with E-state index >= 15 is 0 Å². The maximum Gasteiger partial charge on any atom is 0.261 e. The number of hydrogen-bond donors (Lipinski definition) is 0. The molecule has 0 N–H and O–H groups in total.